The minimum absolute atomic E-state index is 0.152. The molecule has 22 heavy (non-hydrogen) atoms. The molecule has 0 spiro atoms. The minimum atomic E-state index is -1.56. The number of rotatable bonds is 6. The fourth-order valence-corrected chi connectivity index (χ4v) is 3.74. The normalized spacial score (nSPS) is 25.5. The predicted molar refractivity (Wildman–Crippen MR) is 95.1 cm³/mol. The lowest BCUT2D eigenvalue weighted by Crippen LogP contribution is -2.36. The van der Waals surface area contributed by atoms with Crippen LogP contribution >= 0.6 is 0 Å². The Hall–Kier alpha value is -1.32. The summed E-state index contributed by atoms with van der Waals surface area (Å²) in [5.41, 5.74) is 1.05. The molecule has 0 aliphatic heterocycles. The summed E-state index contributed by atoms with van der Waals surface area (Å²) in [5.74, 6) is 1.11. The van der Waals surface area contributed by atoms with Crippen molar-refractivity contribution in [1.82, 2.24) is 0 Å². The highest BCUT2D eigenvalue weighted by atomic mass is 28.4. The third kappa shape index (κ3) is 4.59. The largest absolute Gasteiger partial charge is 0.548 e. The molecule has 2 atom stereocenters. The number of ether oxygens (including phenoxy) is 1. The van der Waals surface area contributed by atoms with Crippen LogP contribution in [0.1, 0.15) is 25.3 Å². The van der Waals surface area contributed by atoms with Gasteiger partial charge in [-0.15, -0.1) is 6.58 Å². The highest BCUT2D eigenvalue weighted by Crippen LogP contribution is 2.38. The van der Waals surface area contributed by atoms with Crippen molar-refractivity contribution >= 4 is 8.32 Å². The van der Waals surface area contributed by atoms with Gasteiger partial charge in [0.15, 0.2) is 0 Å². The van der Waals surface area contributed by atoms with Crippen molar-refractivity contribution in [2.45, 2.75) is 52.1 Å². The van der Waals surface area contributed by atoms with Crippen LogP contribution in [0.4, 0.5) is 0 Å². The molecule has 1 aromatic carbocycles. The van der Waals surface area contributed by atoms with E-state index in [2.05, 4.69) is 51.4 Å². The molecule has 0 unspecified atom stereocenters. The molecule has 0 saturated carbocycles. The second-order valence-corrected chi connectivity index (χ2v) is 11.6. The fourth-order valence-electron chi connectivity index (χ4n) is 2.79. The van der Waals surface area contributed by atoms with Gasteiger partial charge in [-0.05, 0) is 44.6 Å². The zero-order valence-corrected chi connectivity index (χ0v) is 15.3. The Kier molecular flexibility index (Phi) is 5.30. The first-order valence-electron chi connectivity index (χ1n) is 8.02. The smallest absolute Gasteiger partial charge is 0.241 e. The van der Waals surface area contributed by atoms with E-state index < -0.39 is 8.32 Å². The lowest BCUT2D eigenvalue weighted by Gasteiger charge is -2.38. The third-order valence-electron chi connectivity index (χ3n) is 3.99. The number of allylic oxidation sites excluding steroid dienone is 1. The molecule has 120 valence electrons. The molecule has 0 amide bonds. The maximum absolute atomic E-state index is 6.19. The van der Waals surface area contributed by atoms with Crippen molar-refractivity contribution in [3.05, 3.63) is 60.4 Å². The molecular formula is C19H28O2Si. The molecule has 0 bridgehead atoms. The number of benzene rings is 1. The summed E-state index contributed by atoms with van der Waals surface area (Å²) < 4.78 is 12.4. The topological polar surface area (TPSA) is 18.5 Å². The Balaban J connectivity index is 2.05. The van der Waals surface area contributed by atoms with Crippen LogP contribution < -0.4 is 0 Å². The van der Waals surface area contributed by atoms with Crippen LogP contribution in [0.25, 0.3) is 0 Å². The van der Waals surface area contributed by atoms with Crippen LogP contribution in [0.3, 0.4) is 0 Å². The molecule has 0 heterocycles. The Morgan fingerprint density at radius 3 is 2.55 bits per heavy atom. The molecule has 0 radical (unpaired) electrons. The van der Waals surface area contributed by atoms with Crippen LogP contribution in [0.15, 0.2) is 54.8 Å². The Morgan fingerprint density at radius 2 is 1.95 bits per heavy atom. The lowest BCUT2D eigenvalue weighted by molar-refractivity contribution is -0.0187. The van der Waals surface area contributed by atoms with E-state index in [-0.39, 0.29) is 11.5 Å². The highest BCUT2D eigenvalue weighted by molar-refractivity contribution is 6.70. The van der Waals surface area contributed by atoms with E-state index in [0.717, 1.165) is 18.6 Å². The monoisotopic (exact) mass is 316 g/mol. The van der Waals surface area contributed by atoms with E-state index in [1.807, 2.05) is 24.3 Å². The minimum Gasteiger partial charge on any atom is -0.548 e. The molecule has 0 saturated heterocycles. The molecular weight excluding hydrogens is 288 g/mol. The van der Waals surface area contributed by atoms with Crippen LogP contribution in [0.5, 0.6) is 0 Å². The van der Waals surface area contributed by atoms with E-state index >= 15 is 0 Å². The summed E-state index contributed by atoms with van der Waals surface area (Å²) in [5, 5.41) is 0. The van der Waals surface area contributed by atoms with Crippen LogP contribution in [0.2, 0.25) is 19.6 Å². The Morgan fingerprint density at radius 1 is 1.27 bits per heavy atom. The van der Waals surface area contributed by atoms with Gasteiger partial charge >= 0.3 is 0 Å². The van der Waals surface area contributed by atoms with Crippen LogP contribution in [-0.4, -0.2) is 14.4 Å². The third-order valence-corrected chi connectivity index (χ3v) is 4.86. The van der Waals surface area contributed by atoms with E-state index in [4.69, 9.17) is 9.16 Å². The molecule has 0 fully saturated rings. The van der Waals surface area contributed by atoms with Gasteiger partial charge < -0.3 is 9.16 Å². The molecule has 0 N–H and O–H groups in total. The first-order valence-corrected chi connectivity index (χ1v) is 11.4. The van der Waals surface area contributed by atoms with Crippen molar-refractivity contribution in [1.29, 1.82) is 0 Å². The molecule has 3 heteroatoms. The zero-order chi connectivity index (χ0) is 16.2. The fraction of sp³-hybridized carbons (Fsp3) is 0.474. The van der Waals surface area contributed by atoms with Gasteiger partial charge in [-0.1, -0.05) is 36.4 Å². The average molecular weight is 317 g/mol. The van der Waals surface area contributed by atoms with E-state index in [0.29, 0.717) is 6.61 Å². The van der Waals surface area contributed by atoms with Gasteiger partial charge in [0.25, 0.3) is 0 Å². The van der Waals surface area contributed by atoms with Crippen LogP contribution in [-0.2, 0) is 15.8 Å². The van der Waals surface area contributed by atoms with Crippen molar-refractivity contribution in [3.8, 4) is 0 Å². The van der Waals surface area contributed by atoms with Crippen molar-refractivity contribution in [3.63, 3.8) is 0 Å². The second kappa shape index (κ2) is 6.84. The quantitative estimate of drug-likeness (QED) is 0.524. The van der Waals surface area contributed by atoms with Crippen molar-refractivity contribution in [2.24, 2.45) is 5.41 Å². The van der Waals surface area contributed by atoms with Gasteiger partial charge in [0.2, 0.25) is 8.32 Å². The van der Waals surface area contributed by atoms with Gasteiger partial charge in [0.05, 0.1) is 18.5 Å². The van der Waals surface area contributed by atoms with Gasteiger partial charge in [-0.3, -0.25) is 0 Å². The summed E-state index contributed by atoms with van der Waals surface area (Å²) >= 11 is 0. The SMILES string of the molecule is C=C[C@@]1(C)C=C(O[Si](C)(C)C)CC[C@@H]1OCc1ccccc1. The zero-order valence-electron chi connectivity index (χ0n) is 14.3. The second-order valence-electron chi connectivity index (χ2n) is 7.22. The summed E-state index contributed by atoms with van der Waals surface area (Å²) in [6.45, 7) is 13.5. The molecule has 0 aromatic heterocycles. The maximum atomic E-state index is 6.19. The van der Waals surface area contributed by atoms with E-state index in [1.54, 1.807) is 0 Å². The molecule has 1 aromatic rings. The first-order chi connectivity index (χ1) is 10.3. The first kappa shape index (κ1) is 17.0. The Labute approximate surface area is 136 Å². The molecule has 2 rings (SSSR count). The predicted octanol–water partition coefficient (Wildman–Crippen LogP) is 5.29. The number of hydrogen-bond acceptors (Lipinski definition) is 2. The standard InChI is InChI=1S/C19H28O2Si/c1-6-19(2)14-17(21-22(3,4)5)12-13-18(19)20-15-16-10-8-7-9-11-16/h6-11,14,18H,1,12-13,15H2,2-5H3/t18-,19-/m0/s1. The average Bonchev–Trinajstić information content (AvgIpc) is 2.46. The molecule has 1 aliphatic rings. The summed E-state index contributed by atoms with van der Waals surface area (Å²) in [6.07, 6.45) is 6.30. The summed E-state index contributed by atoms with van der Waals surface area (Å²) in [6, 6.07) is 10.3. The van der Waals surface area contributed by atoms with Gasteiger partial charge in [-0.25, -0.2) is 0 Å². The van der Waals surface area contributed by atoms with Gasteiger partial charge in [0.1, 0.15) is 0 Å². The molecule has 1 aliphatic carbocycles. The molecule has 2 nitrogen and oxygen atoms in total. The summed E-state index contributed by atoms with van der Waals surface area (Å²) in [7, 11) is -1.56. The van der Waals surface area contributed by atoms with Crippen molar-refractivity contribution in [2.75, 3.05) is 0 Å². The van der Waals surface area contributed by atoms with Crippen molar-refractivity contribution < 1.29 is 9.16 Å². The highest BCUT2D eigenvalue weighted by Gasteiger charge is 2.35. The van der Waals surface area contributed by atoms with Gasteiger partial charge in [-0.2, -0.15) is 0 Å². The lowest BCUT2D eigenvalue weighted by atomic mass is 9.77. The maximum Gasteiger partial charge on any atom is 0.241 e. The van der Waals surface area contributed by atoms with E-state index in [1.165, 1.54) is 5.56 Å². The van der Waals surface area contributed by atoms with Crippen LogP contribution in [0, 0.1) is 5.41 Å². The summed E-state index contributed by atoms with van der Waals surface area (Å²) in [4.78, 5) is 0. The van der Waals surface area contributed by atoms with E-state index in [9.17, 15) is 0 Å². The number of hydrogen-bond donors (Lipinski definition) is 0. The Bertz CT molecular complexity index is 530. The van der Waals surface area contributed by atoms with Gasteiger partial charge in [0, 0.05) is 11.8 Å².